The molecule has 0 saturated carbocycles. The van der Waals surface area contributed by atoms with Crippen molar-refractivity contribution in [1.29, 1.82) is 0 Å². The molecule has 3 rings (SSSR count). The molecule has 0 spiro atoms. The van der Waals surface area contributed by atoms with E-state index in [1.165, 1.54) is 4.80 Å². The summed E-state index contributed by atoms with van der Waals surface area (Å²) in [5, 5.41) is 18.7. The molecular weight excluding hydrogens is 238 g/mol. The van der Waals surface area contributed by atoms with E-state index in [9.17, 15) is 5.11 Å². The van der Waals surface area contributed by atoms with Crippen LogP contribution in [-0.2, 0) is 0 Å². The maximum atomic E-state index is 9.96. The average Bonchev–Trinajstić information content (AvgIpc) is 2.85. The number of hydrogen-bond donors (Lipinski definition) is 1. The van der Waals surface area contributed by atoms with Crippen LogP contribution in [0.5, 0.6) is 5.75 Å². The number of aromatic hydroxyl groups is 1. The molecule has 0 saturated heterocycles. The van der Waals surface area contributed by atoms with E-state index in [0.717, 1.165) is 16.6 Å². The van der Waals surface area contributed by atoms with Crippen molar-refractivity contribution in [2.24, 2.45) is 0 Å². The van der Waals surface area contributed by atoms with Gasteiger partial charge in [0.1, 0.15) is 22.5 Å². The van der Waals surface area contributed by atoms with Crippen molar-refractivity contribution in [3.63, 3.8) is 0 Å². The van der Waals surface area contributed by atoms with Gasteiger partial charge in [-0.05, 0) is 36.8 Å². The summed E-state index contributed by atoms with van der Waals surface area (Å²) in [5.74, 6) is 0.161. The van der Waals surface area contributed by atoms with Crippen molar-refractivity contribution in [1.82, 2.24) is 15.0 Å². The van der Waals surface area contributed by atoms with E-state index >= 15 is 0 Å². The van der Waals surface area contributed by atoms with Crippen LogP contribution >= 0.6 is 0 Å². The molecule has 0 aliphatic heterocycles. The zero-order valence-electron chi connectivity index (χ0n) is 10.5. The minimum absolute atomic E-state index is 0.161. The van der Waals surface area contributed by atoms with Crippen LogP contribution < -0.4 is 0 Å². The number of phenols is 1. The average molecular weight is 251 g/mol. The standard InChI is InChI=1S/C15H13N3O/c1-2-5-11-8-9-15(19)14(10-11)18-16-12-6-3-4-7-13(12)17-18/h2-10,19H,1H3. The van der Waals surface area contributed by atoms with Gasteiger partial charge in [0.15, 0.2) is 0 Å². The second-order valence-electron chi connectivity index (χ2n) is 4.23. The molecule has 19 heavy (non-hydrogen) atoms. The minimum atomic E-state index is 0.161. The molecule has 0 radical (unpaired) electrons. The summed E-state index contributed by atoms with van der Waals surface area (Å²) in [6.45, 7) is 1.95. The number of allylic oxidation sites excluding steroid dienone is 1. The van der Waals surface area contributed by atoms with E-state index in [0.29, 0.717) is 5.69 Å². The fourth-order valence-electron chi connectivity index (χ4n) is 1.96. The van der Waals surface area contributed by atoms with Gasteiger partial charge in [-0.3, -0.25) is 0 Å². The van der Waals surface area contributed by atoms with Gasteiger partial charge in [0.2, 0.25) is 0 Å². The van der Waals surface area contributed by atoms with Crippen molar-refractivity contribution >= 4 is 17.1 Å². The lowest BCUT2D eigenvalue weighted by Gasteiger charge is -2.04. The maximum Gasteiger partial charge on any atom is 0.143 e. The van der Waals surface area contributed by atoms with Crippen molar-refractivity contribution in [2.75, 3.05) is 0 Å². The molecule has 94 valence electrons. The monoisotopic (exact) mass is 251 g/mol. The van der Waals surface area contributed by atoms with Gasteiger partial charge in [-0.2, -0.15) is 0 Å². The lowest BCUT2D eigenvalue weighted by molar-refractivity contribution is 0.467. The first kappa shape index (κ1) is 11.5. The Morgan fingerprint density at radius 3 is 2.37 bits per heavy atom. The molecule has 1 N–H and O–H groups in total. The predicted octanol–water partition coefficient (Wildman–Crippen LogP) is 3.16. The highest BCUT2D eigenvalue weighted by molar-refractivity contribution is 5.73. The van der Waals surface area contributed by atoms with Crippen LogP contribution in [0.1, 0.15) is 12.5 Å². The quantitative estimate of drug-likeness (QED) is 0.761. The molecule has 0 unspecified atom stereocenters. The minimum Gasteiger partial charge on any atom is -0.506 e. The molecule has 1 heterocycles. The van der Waals surface area contributed by atoms with E-state index in [2.05, 4.69) is 10.2 Å². The molecule has 0 aliphatic rings. The first-order valence-electron chi connectivity index (χ1n) is 6.06. The highest BCUT2D eigenvalue weighted by Gasteiger charge is 2.08. The summed E-state index contributed by atoms with van der Waals surface area (Å²) in [4.78, 5) is 1.47. The summed E-state index contributed by atoms with van der Waals surface area (Å²) < 4.78 is 0. The van der Waals surface area contributed by atoms with Crippen LogP contribution in [0, 0.1) is 0 Å². The molecule has 4 heteroatoms. The molecule has 3 aromatic rings. The Labute approximate surface area is 110 Å². The van der Waals surface area contributed by atoms with Gasteiger partial charge in [-0.15, -0.1) is 15.0 Å². The first-order chi connectivity index (χ1) is 9.28. The fraction of sp³-hybridized carbons (Fsp3) is 0.0667. The highest BCUT2D eigenvalue weighted by atomic mass is 16.3. The van der Waals surface area contributed by atoms with E-state index in [1.807, 2.05) is 55.5 Å². The molecule has 1 aromatic heterocycles. The Kier molecular flexibility index (Phi) is 2.76. The van der Waals surface area contributed by atoms with E-state index < -0.39 is 0 Å². The largest absolute Gasteiger partial charge is 0.506 e. The van der Waals surface area contributed by atoms with Gasteiger partial charge in [-0.1, -0.05) is 30.4 Å². The number of hydrogen-bond acceptors (Lipinski definition) is 3. The van der Waals surface area contributed by atoms with Crippen LogP contribution in [0.4, 0.5) is 0 Å². The number of aromatic nitrogens is 3. The van der Waals surface area contributed by atoms with E-state index in [1.54, 1.807) is 6.07 Å². The van der Waals surface area contributed by atoms with Crippen molar-refractivity contribution in [3.05, 3.63) is 54.1 Å². The molecule has 4 nitrogen and oxygen atoms in total. The van der Waals surface area contributed by atoms with Gasteiger partial charge in [0.25, 0.3) is 0 Å². The Hall–Kier alpha value is -2.62. The molecule has 0 atom stereocenters. The molecule has 0 amide bonds. The summed E-state index contributed by atoms with van der Waals surface area (Å²) in [7, 11) is 0. The lowest BCUT2D eigenvalue weighted by Crippen LogP contribution is -1.99. The second-order valence-corrected chi connectivity index (χ2v) is 4.23. The van der Waals surface area contributed by atoms with Gasteiger partial charge in [0.05, 0.1) is 0 Å². The third-order valence-corrected chi connectivity index (χ3v) is 2.86. The van der Waals surface area contributed by atoms with Crippen molar-refractivity contribution in [2.45, 2.75) is 6.92 Å². The predicted molar refractivity (Wildman–Crippen MR) is 75.2 cm³/mol. The second kappa shape index (κ2) is 4.57. The van der Waals surface area contributed by atoms with Crippen LogP contribution in [-0.4, -0.2) is 20.1 Å². The molecule has 0 aliphatic carbocycles. The Balaban J connectivity index is 2.17. The van der Waals surface area contributed by atoms with Crippen molar-refractivity contribution < 1.29 is 5.11 Å². The van der Waals surface area contributed by atoms with E-state index in [4.69, 9.17) is 0 Å². The molecule has 2 aromatic carbocycles. The zero-order chi connectivity index (χ0) is 13.2. The lowest BCUT2D eigenvalue weighted by atomic mass is 10.2. The smallest absolute Gasteiger partial charge is 0.143 e. The summed E-state index contributed by atoms with van der Waals surface area (Å²) >= 11 is 0. The van der Waals surface area contributed by atoms with E-state index in [-0.39, 0.29) is 5.75 Å². The molecule has 0 fully saturated rings. The number of phenolic OH excluding ortho intramolecular Hbond substituents is 1. The van der Waals surface area contributed by atoms with Gasteiger partial charge < -0.3 is 5.11 Å². The highest BCUT2D eigenvalue weighted by Crippen LogP contribution is 2.23. The van der Waals surface area contributed by atoms with Crippen LogP contribution in [0.15, 0.2) is 48.5 Å². The molecular formula is C15H13N3O. The Morgan fingerprint density at radius 1 is 1.05 bits per heavy atom. The maximum absolute atomic E-state index is 9.96. The third kappa shape index (κ3) is 2.08. The summed E-state index contributed by atoms with van der Waals surface area (Å²) in [6, 6.07) is 13.0. The SMILES string of the molecule is CC=Cc1ccc(O)c(-n2nc3ccccc3n2)c1. The summed E-state index contributed by atoms with van der Waals surface area (Å²) in [5.41, 5.74) is 3.18. The topological polar surface area (TPSA) is 50.9 Å². The van der Waals surface area contributed by atoms with Gasteiger partial charge >= 0.3 is 0 Å². The number of rotatable bonds is 2. The Bertz CT molecular complexity index is 726. The van der Waals surface area contributed by atoms with Crippen molar-refractivity contribution in [3.8, 4) is 11.4 Å². The molecule has 0 bridgehead atoms. The number of nitrogens with zero attached hydrogens (tertiary/aromatic N) is 3. The number of benzene rings is 2. The normalized spacial score (nSPS) is 11.4. The fourth-order valence-corrected chi connectivity index (χ4v) is 1.96. The van der Waals surface area contributed by atoms with Gasteiger partial charge in [-0.25, -0.2) is 0 Å². The summed E-state index contributed by atoms with van der Waals surface area (Å²) in [6.07, 6.45) is 3.91. The van der Waals surface area contributed by atoms with Crippen LogP contribution in [0.25, 0.3) is 22.8 Å². The Morgan fingerprint density at radius 2 is 1.74 bits per heavy atom. The van der Waals surface area contributed by atoms with Crippen LogP contribution in [0.3, 0.4) is 0 Å². The number of fused-ring (bicyclic) bond motifs is 1. The van der Waals surface area contributed by atoms with Gasteiger partial charge in [0, 0.05) is 0 Å². The van der Waals surface area contributed by atoms with Crippen LogP contribution in [0.2, 0.25) is 0 Å². The zero-order valence-corrected chi connectivity index (χ0v) is 10.5. The third-order valence-electron chi connectivity index (χ3n) is 2.86. The first-order valence-corrected chi connectivity index (χ1v) is 6.06.